The number of benzene rings is 1. The molecule has 0 unspecified atom stereocenters. The first-order chi connectivity index (χ1) is 22.6. The van der Waals surface area contributed by atoms with Gasteiger partial charge >= 0.3 is 5.97 Å². The lowest BCUT2D eigenvalue weighted by atomic mass is 9.77. The number of aliphatic hydroxyl groups excluding tert-OH is 1. The Hall–Kier alpha value is -3.50. The van der Waals surface area contributed by atoms with Crippen LogP contribution >= 0.6 is 0 Å². The van der Waals surface area contributed by atoms with E-state index in [1.165, 1.54) is 0 Å². The number of allylic oxidation sites excluding steroid dienone is 1. The highest BCUT2D eigenvalue weighted by molar-refractivity contribution is 5.99. The Kier molecular flexibility index (Phi) is 10.3. The number of carbonyl (C=O) groups is 4. The summed E-state index contributed by atoms with van der Waals surface area (Å²) in [6.07, 6.45) is 8.09. The van der Waals surface area contributed by atoms with Crippen LogP contribution in [0.1, 0.15) is 85.3 Å². The van der Waals surface area contributed by atoms with Gasteiger partial charge in [-0.25, -0.2) is 0 Å². The van der Waals surface area contributed by atoms with Gasteiger partial charge in [0.2, 0.25) is 17.7 Å². The van der Waals surface area contributed by atoms with Crippen molar-refractivity contribution in [2.24, 2.45) is 17.3 Å². The van der Waals surface area contributed by atoms with Gasteiger partial charge in [-0.3, -0.25) is 19.2 Å². The number of unbranched alkanes of at least 4 members (excludes halogenated alkanes) is 1. The van der Waals surface area contributed by atoms with Crippen molar-refractivity contribution in [1.29, 1.82) is 0 Å². The predicted molar refractivity (Wildman–Crippen MR) is 181 cm³/mol. The van der Waals surface area contributed by atoms with Crippen LogP contribution in [0, 0.1) is 17.3 Å². The Balaban J connectivity index is 1.60. The fraction of sp³-hybridized carbons (Fsp3) is 0.632. The normalized spacial score (nSPS) is 32.2. The number of rotatable bonds is 7. The van der Waals surface area contributed by atoms with Crippen molar-refractivity contribution in [1.82, 2.24) is 14.7 Å². The molecule has 0 radical (unpaired) electrons. The number of nitrogens with zero attached hydrogens (tertiary/aromatic N) is 3. The van der Waals surface area contributed by atoms with E-state index in [4.69, 9.17) is 9.47 Å². The summed E-state index contributed by atoms with van der Waals surface area (Å²) in [5.41, 5.74) is -1.27. The number of amides is 3. The smallest absolute Gasteiger partial charge is 0.313 e. The number of esters is 1. The van der Waals surface area contributed by atoms with E-state index in [1.807, 2.05) is 60.4 Å². The zero-order valence-electron chi connectivity index (χ0n) is 29.6. The molecule has 7 atom stereocenters. The zero-order chi connectivity index (χ0) is 35.0. The number of likely N-dealkylation sites (N-methyl/N-ethyl adjacent to an activating group) is 1. The Morgan fingerprint density at radius 1 is 0.979 bits per heavy atom. The number of hydrogen-bond acceptors (Lipinski definition) is 7. The molecular weight excluding hydrogens is 610 g/mol. The van der Waals surface area contributed by atoms with E-state index in [2.05, 4.69) is 34.6 Å². The fourth-order valence-electron chi connectivity index (χ4n) is 8.46. The van der Waals surface area contributed by atoms with E-state index in [9.17, 15) is 24.3 Å². The second-order valence-corrected chi connectivity index (χ2v) is 15.7. The topological polar surface area (TPSA) is 117 Å². The third kappa shape index (κ3) is 6.70. The van der Waals surface area contributed by atoms with Gasteiger partial charge in [-0.05, 0) is 57.4 Å². The molecule has 1 aromatic carbocycles. The maximum atomic E-state index is 14.8. The van der Waals surface area contributed by atoms with E-state index in [0.29, 0.717) is 25.8 Å². The van der Waals surface area contributed by atoms with Gasteiger partial charge in [0.1, 0.15) is 23.7 Å². The van der Waals surface area contributed by atoms with Gasteiger partial charge in [-0.2, -0.15) is 0 Å². The van der Waals surface area contributed by atoms with E-state index < -0.39 is 53.2 Å². The summed E-state index contributed by atoms with van der Waals surface area (Å²) in [5, 5.41) is 9.56. The van der Waals surface area contributed by atoms with E-state index >= 15 is 0 Å². The van der Waals surface area contributed by atoms with Crippen LogP contribution in [-0.2, 0) is 28.7 Å². The van der Waals surface area contributed by atoms with Crippen molar-refractivity contribution in [3.05, 3.63) is 60.2 Å². The third-order valence-corrected chi connectivity index (χ3v) is 10.4. The van der Waals surface area contributed by atoms with Crippen molar-refractivity contribution >= 4 is 23.7 Å². The van der Waals surface area contributed by atoms with Crippen LogP contribution in [0.5, 0.6) is 0 Å². The molecule has 1 aromatic rings. The molecule has 0 saturated carbocycles. The average molecular weight is 664 g/mol. The minimum atomic E-state index is -1.40. The van der Waals surface area contributed by atoms with Crippen molar-refractivity contribution in [3.63, 3.8) is 0 Å². The summed E-state index contributed by atoms with van der Waals surface area (Å²) >= 11 is 0. The standard InChI is InChI=1S/C38H53N3O7/c1-25-31(26-16-9-8-10-17-26)47-35(46)29-27(18-11-12-19-28(43)39(25)7)48-38-20-15-22-41(37(5,6)24-36(2,3)4)34(45)32(38)40(21-13-14-23-42)33(44)30(29)38/h8-11,15-18,20,25,27,29-32,42H,12-14,19,21-24H2,1-7H3/b18-11-/t25-,27-,29+,30+,31+,32-,38+/m0/s1. The van der Waals surface area contributed by atoms with Crippen LogP contribution in [0.4, 0.5) is 0 Å². The predicted octanol–water partition coefficient (Wildman–Crippen LogP) is 4.43. The first-order valence-corrected chi connectivity index (χ1v) is 17.4. The molecule has 4 heterocycles. The fourth-order valence-corrected chi connectivity index (χ4v) is 8.46. The molecule has 1 spiro atoms. The van der Waals surface area contributed by atoms with Crippen LogP contribution in [0.15, 0.2) is 54.6 Å². The van der Waals surface area contributed by atoms with Crippen LogP contribution < -0.4 is 0 Å². The van der Waals surface area contributed by atoms with Gasteiger partial charge < -0.3 is 29.3 Å². The summed E-state index contributed by atoms with van der Waals surface area (Å²) < 4.78 is 13.2. The lowest BCUT2D eigenvalue weighted by Crippen LogP contribution is -2.59. The number of likely N-dealkylation sites (tertiary alicyclic amines) is 1. The highest BCUT2D eigenvalue weighted by atomic mass is 16.6. The Bertz CT molecular complexity index is 1430. The van der Waals surface area contributed by atoms with Gasteiger partial charge in [0.15, 0.2) is 0 Å². The Morgan fingerprint density at radius 2 is 1.69 bits per heavy atom. The van der Waals surface area contributed by atoms with E-state index in [1.54, 1.807) is 22.9 Å². The van der Waals surface area contributed by atoms with Crippen LogP contribution in [0.25, 0.3) is 0 Å². The van der Waals surface area contributed by atoms with Crippen molar-refractivity contribution in [2.45, 2.75) is 109 Å². The number of cyclic esters (lactones) is 1. The number of ether oxygens (including phenoxy) is 2. The molecule has 5 rings (SSSR count). The Labute approximate surface area is 285 Å². The second-order valence-electron chi connectivity index (χ2n) is 15.7. The molecule has 2 fully saturated rings. The zero-order valence-corrected chi connectivity index (χ0v) is 29.6. The van der Waals surface area contributed by atoms with Crippen LogP contribution in [-0.4, -0.2) is 99.6 Å². The summed E-state index contributed by atoms with van der Waals surface area (Å²) in [6, 6.07) is 7.84. The lowest BCUT2D eigenvalue weighted by molar-refractivity contribution is -0.164. The first kappa shape index (κ1) is 35.8. The van der Waals surface area contributed by atoms with Crippen molar-refractivity contribution < 1.29 is 33.8 Å². The molecule has 10 nitrogen and oxygen atoms in total. The molecule has 4 aliphatic heterocycles. The molecule has 0 bridgehead atoms. The average Bonchev–Trinajstić information content (AvgIpc) is 3.40. The minimum absolute atomic E-state index is 0.0335. The van der Waals surface area contributed by atoms with Gasteiger partial charge in [-0.15, -0.1) is 0 Å². The monoisotopic (exact) mass is 663 g/mol. The summed E-state index contributed by atoms with van der Waals surface area (Å²) in [5.74, 6) is -3.25. The first-order valence-electron chi connectivity index (χ1n) is 17.4. The van der Waals surface area contributed by atoms with Crippen LogP contribution in [0.3, 0.4) is 0 Å². The Morgan fingerprint density at radius 3 is 2.35 bits per heavy atom. The SMILES string of the molecule is C[C@H]1[C@H](c2ccccc2)OC(=O)[C@@H]2[C@H](/C=C\CCC(=O)N1C)O[C@@]13C=CCN(C(C)(C)CC(C)(C)C)C(=O)[C@@H]1N(CCCCO)C(=O)[C@@H]23. The quantitative estimate of drug-likeness (QED) is 0.261. The maximum Gasteiger partial charge on any atom is 0.313 e. The third-order valence-electron chi connectivity index (χ3n) is 10.4. The second kappa shape index (κ2) is 13.8. The number of carbonyl (C=O) groups excluding carboxylic acids is 4. The molecule has 1 N–H and O–H groups in total. The summed E-state index contributed by atoms with van der Waals surface area (Å²) in [7, 11) is 1.72. The van der Waals surface area contributed by atoms with E-state index in [-0.39, 0.29) is 42.7 Å². The highest BCUT2D eigenvalue weighted by Gasteiger charge is 2.72. The van der Waals surface area contributed by atoms with Gasteiger partial charge in [-0.1, -0.05) is 75.4 Å². The van der Waals surface area contributed by atoms with Gasteiger partial charge in [0.05, 0.1) is 18.1 Å². The minimum Gasteiger partial charge on any atom is -0.455 e. The molecule has 0 aliphatic carbocycles. The van der Waals surface area contributed by atoms with Crippen molar-refractivity contribution in [2.75, 3.05) is 26.7 Å². The molecular formula is C38H53N3O7. The number of hydrogen-bond donors (Lipinski definition) is 1. The van der Waals surface area contributed by atoms with Gasteiger partial charge in [0.25, 0.3) is 0 Å². The largest absolute Gasteiger partial charge is 0.455 e. The van der Waals surface area contributed by atoms with Gasteiger partial charge in [0, 0.05) is 38.7 Å². The van der Waals surface area contributed by atoms with E-state index in [0.717, 1.165) is 12.0 Å². The molecule has 10 heteroatoms. The molecule has 3 amide bonds. The molecule has 48 heavy (non-hydrogen) atoms. The maximum absolute atomic E-state index is 14.8. The lowest BCUT2D eigenvalue weighted by Gasteiger charge is -2.44. The highest BCUT2D eigenvalue weighted by Crippen LogP contribution is 2.54. The molecule has 4 aliphatic rings. The van der Waals surface area contributed by atoms with Crippen LogP contribution in [0.2, 0.25) is 0 Å². The number of aliphatic hydroxyl groups is 1. The summed E-state index contributed by atoms with van der Waals surface area (Å²) in [4.78, 5) is 62.2. The summed E-state index contributed by atoms with van der Waals surface area (Å²) in [6.45, 7) is 12.9. The number of fused-ring (bicyclic) bond motifs is 2. The molecule has 262 valence electrons. The molecule has 2 saturated heterocycles. The van der Waals surface area contributed by atoms with Crippen molar-refractivity contribution in [3.8, 4) is 0 Å². The molecule has 0 aromatic heterocycles.